The molecule has 0 fully saturated rings. The van der Waals surface area contributed by atoms with Gasteiger partial charge in [-0.1, -0.05) is 129 Å². The molecule has 0 radical (unpaired) electrons. The van der Waals surface area contributed by atoms with E-state index in [4.69, 9.17) is 22.9 Å². The van der Waals surface area contributed by atoms with Gasteiger partial charge in [0.15, 0.2) is 0 Å². The second-order valence-electron chi connectivity index (χ2n) is 30.7. The van der Waals surface area contributed by atoms with E-state index in [0.29, 0.717) is 49.8 Å². The van der Waals surface area contributed by atoms with Crippen LogP contribution in [0.5, 0.6) is 0 Å². The summed E-state index contributed by atoms with van der Waals surface area (Å²) in [6.45, 7) is 16.6. The molecule has 0 spiro atoms. The molecule has 0 saturated heterocycles. The lowest BCUT2D eigenvalue weighted by atomic mass is 9.95. The van der Waals surface area contributed by atoms with Crippen LogP contribution >= 0.6 is 0 Å². The SMILES string of the molecule is CC[C@H](C)[C@H](NC(=O)[C@H](CCC(=O)O)NC(=O)[C@H](CCCCN)NC(=O)[C@H](CC(C)C)NC(=O)[C@@H](N)CCCCN)C(=O)N[C@H](C(=O)N[C@H](C(=O)N[C@@H](CC(N)=O)C(=O)N[C@@H](Cc1ccccc1)C(=O)N[C@@H](CC(C)C)C(=O)N[C@@H](C)C(=O)NCC(=O)N[C@@H](Cc1ccccc1)C(=O)N[C@@H](CCC(=O)O)C(=O)N[C@@H](C)C(=O)O)[C@@H](C)O)C(C)C. The first-order valence-electron chi connectivity index (χ1n) is 40.0. The van der Waals surface area contributed by atoms with E-state index in [1.165, 1.54) is 20.8 Å². The van der Waals surface area contributed by atoms with Crippen LogP contribution in [-0.4, -0.2) is 237 Å². The molecule has 0 aliphatic heterocycles. The maximum Gasteiger partial charge on any atom is 0.325 e. The standard InChI is InChI=1S/C79H126N18O22/c1-12-44(8)64(96-70(109)53(30-32-62(103)104)89-69(108)51(28-20-22-34-81)88-72(111)55(36-42(4)5)91-67(106)50(82)27-19-21-33-80)77(116)95-63(43(6)7)76(115)97-65(47(11)98)78(117)94-58(39-59(83)99)75(114)93-57(38-49-25-17-14-18-26-49)74(113)92-54(35-41(2)3)71(110)85-45(9)66(105)84-40-60(100)87-56(37-48-23-15-13-16-24-48)73(112)90-52(29-31-61(101)102)68(107)86-46(10)79(118)119/h13-18,23-26,41-47,50-58,63-65,98H,12,19-22,27-40,80-82H2,1-11H3,(H2,83,99)(H,84,105)(H,85,110)(H,86,107)(H,87,100)(H,88,111)(H,89,108)(H,90,112)(H,91,106)(H,92,113)(H,93,114)(H,94,117)(H,95,116)(H,96,109)(H,97,115)(H,101,102)(H,103,104)(H,118,119)/t44-,45-,46-,47+,50-,51-,52-,53-,54-,55-,56-,57-,58-,63-,64-,65-/m0/s1. The van der Waals surface area contributed by atoms with Crippen LogP contribution in [0.2, 0.25) is 0 Å². The Morgan fingerprint density at radius 3 is 1.18 bits per heavy atom. The van der Waals surface area contributed by atoms with Gasteiger partial charge in [0.05, 0.1) is 25.1 Å². The van der Waals surface area contributed by atoms with Crippen LogP contribution in [0.3, 0.4) is 0 Å². The van der Waals surface area contributed by atoms with Crippen molar-refractivity contribution >= 4 is 107 Å². The third kappa shape index (κ3) is 39.7. The highest BCUT2D eigenvalue weighted by molar-refractivity contribution is 6.01. The van der Waals surface area contributed by atoms with E-state index in [2.05, 4.69) is 74.4 Å². The Morgan fingerprint density at radius 1 is 0.378 bits per heavy atom. The van der Waals surface area contributed by atoms with E-state index in [-0.39, 0.29) is 56.9 Å². The van der Waals surface area contributed by atoms with Gasteiger partial charge < -0.3 is 118 Å². The van der Waals surface area contributed by atoms with E-state index in [1.54, 1.807) is 88.4 Å². The summed E-state index contributed by atoms with van der Waals surface area (Å²) in [5.41, 5.74) is 24.1. The molecule has 26 N–H and O–H groups in total. The predicted octanol–water partition coefficient (Wildman–Crippen LogP) is -3.62. The maximum atomic E-state index is 14.6. The van der Waals surface area contributed by atoms with Crippen LogP contribution < -0.4 is 97.4 Å². The van der Waals surface area contributed by atoms with E-state index in [1.807, 2.05) is 13.8 Å². The number of rotatable bonds is 57. The first kappa shape index (κ1) is 104. The summed E-state index contributed by atoms with van der Waals surface area (Å²) < 4.78 is 0. The van der Waals surface area contributed by atoms with Gasteiger partial charge in [-0.05, 0) is 126 Å². The molecule has 0 unspecified atom stereocenters. The van der Waals surface area contributed by atoms with Crippen molar-refractivity contribution in [3.63, 3.8) is 0 Å². The third-order valence-corrected chi connectivity index (χ3v) is 19.0. The van der Waals surface area contributed by atoms with Gasteiger partial charge in [0.2, 0.25) is 88.6 Å². The number of carbonyl (C=O) groups is 18. The first-order valence-corrected chi connectivity index (χ1v) is 40.0. The quantitative estimate of drug-likeness (QED) is 0.0284. The molecule has 2 aromatic rings. The van der Waals surface area contributed by atoms with Gasteiger partial charge in [-0.15, -0.1) is 0 Å². The Morgan fingerprint density at radius 2 is 0.739 bits per heavy atom. The summed E-state index contributed by atoms with van der Waals surface area (Å²) in [7, 11) is 0. The number of primary amides is 1. The number of carboxylic acid groups (broad SMARTS) is 3. The number of carboxylic acids is 3. The molecular formula is C79H126N18O22. The van der Waals surface area contributed by atoms with Gasteiger partial charge in [-0.25, -0.2) is 0 Å². The molecule has 16 atom stereocenters. The summed E-state index contributed by atoms with van der Waals surface area (Å²) in [5.74, 6) is -21.0. The van der Waals surface area contributed by atoms with E-state index in [9.17, 15) is 107 Å². The summed E-state index contributed by atoms with van der Waals surface area (Å²) in [5, 5.41) is 74.2. The van der Waals surface area contributed by atoms with Gasteiger partial charge in [-0.3, -0.25) is 86.3 Å². The smallest absolute Gasteiger partial charge is 0.325 e. The summed E-state index contributed by atoms with van der Waals surface area (Å²) in [6, 6.07) is -4.76. The van der Waals surface area contributed by atoms with Crippen molar-refractivity contribution in [1.29, 1.82) is 0 Å². The second kappa shape index (κ2) is 53.9. The van der Waals surface area contributed by atoms with Crippen LogP contribution in [-0.2, 0) is 99.1 Å². The number of nitrogens with two attached hydrogens (primary N) is 4. The summed E-state index contributed by atoms with van der Waals surface area (Å²) >= 11 is 0. The summed E-state index contributed by atoms with van der Waals surface area (Å²) in [4.78, 5) is 244. The monoisotopic (exact) mass is 1680 g/mol. The lowest BCUT2D eigenvalue weighted by Gasteiger charge is -2.31. The first-order chi connectivity index (χ1) is 55.9. The minimum Gasteiger partial charge on any atom is -0.481 e. The number of unbranched alkanes of at least 4 members (excludes halogenated alkanes) is 2. The van der Waals surface area contributed by atoms with Crippen LogP contribution in [0, 0.1) is 23.7 Å². The van der Waals surface area contributed by atoms with Crippen LogP contribution in [0.4, 0.5) is 0 Å². The zero-order valence-corrected chi connectivity index (χ0v) is 69.6. The average molecular weight is 1680 g/mol. The zero-order valence-electron chi connectivity index (χ0n) is 69.6. The molecule has 0 saturated carbocycles. The van der Waals surface area contributed by atoms with Crippen molar-refractivity contribution in [2.24, 2.45) is 46.6 Å². The Bertz CT molecular complexity index is 3720. The second-order valence-corrected chi connectivity index (χ2v) is 30.7. The van der Waals surface area contributed by atoms with Gasteiger partial charge in [0.1, 0.15) is 78.5 Å². The minimum absolute atomic E-state index is 0.0154. The Hall–Kier alpha value is -11.3. The van der Waals surface area contributed by atoms with E-state index < -0.39 is 248 Å². The number of carbonyl (C=O) groups excluding carboxylic acids is 15. The number of hydrogen-bond acceptors (Lipinski definition) is 22. The fourth-order valence-electron chi connectivity index (χ4n) is 12.0. The Labute approximate surface area is 692 Å². The largest absolute Gasteiger partial charge is 0.481 e. The van der Waals surface area contributed by atoms with Crippen molar-refractivity contribution in [1.82, 2.24) is 74.4 Å². The highest BCUT2D eigenvalue weighted by Gasteiger charge is 2.40. The molecule has 40 heteroatoms. The molecule has 0 aliphatic rings. The maximum absolute atomic E-state index is 14.6. The predicted molar refractivity (Wildman–Crippen MR) is 434 cm³/mol. The molecule has 15 amide bonds. The van der Waals surface area contributed by atoms with Gasteiger partial charge in [0.25, 0.3) is 0 Å². The van der Waals surface area contributed by atoms with E-state index in [0.717, 1.165) is 13.8 Å². The van der Waals surface area contributed by atoms with Crippen molar-refractivity contribution in [2.75, 3.05) is 19.6 Å². The third-order valence-electron chi connectivity index (χ3n) is 19.0. The number of hydrogen-bond donors (Lipinski definition) is 22. The lowest BCUT2D eigenvalue weighted by molar-refractivity contribution is -0.142. The minimum atomic E-state index is -1.97. The number of nitrogens with one attached hydrogen (secondary N) is 14. The van der Waals surface area contributed by atoms with Crippen molar-refractivity contribution in [3.05, 3.63) is 71.8 Å². The molecule has 0 aliphatic carbocycles. The molecule has 0 bridgehead atoms. The topological polar surface area (TPSA) is 661 Å². The molecule has 664 valence electrons. The van der Waals surface area contributed by atoms with E-state index >= 15 is 0 Å². The van der Waals surface area contributed by atoms with Crippen molar-refractivity contribution in [3.8, 4) is 0 Å². The molecular weight excluding hydrogens is 1550 g/mol. The fourth-order valence-corrected chi connectivity index (χ4v) is 12.0. The van der Waals surface area contributed by atoms with Crippen LogP contribution in [0.1, 0.15) is 177 Å². The van der Waals surface area contributed by atoms with Gasteiger partial charge in [-0.2, -0.15) is 0 Å². The van der Waals surface area contributed by atoms with Gasteiger partial charge in [0, 0.05) is 25.7 Å². The average Bonchev–Trinajstić information content (AvgIpc) is 0.838. The highest BCUT2D eigenvalue weighted by atomic mass is 16.4. The summed E-state index contributed by atoms with van der Waals surface area (Å²) in [6.07, 6.45) is -3.06. The molecule has 119 heavy (non-hydrogen) atoms. The molecule has 2 aromatic carbocycles. The van der Waals surface area contributed by atoms with Crippen molar-refractivity contribution in [2.45, 2.75) is 270 Å². The fraction of sp³-hybridized carbons (Fsp3) is 0.620. The zero-order chi connectivity index (χ0) is 89.9. The Balaban J connectivity index is 2.44. The van der Waals surface area contributed by atoms with Crippen LogP contribution in [0.15, 0.2) is 60.7 Å². The Kier molecular flexibility index (Phi) is 47.1. The number of aliphatic hydroxyl groups is 1. The highest BCUT2D eigenvalue weighted by Crippen LogP contribution is 2.17. The molecule has 0 heterocycles. The number of aliphatic carboxylic acids is 3. The van der Waals surface area contributed by atoms with Crippen molar-refractivity contribution < 1.29 is 107 Å². The molecule has 40 nitrogen and oxygen atoms in total. The number of aliphatic hydroxyl groups excluding tert-OH is 1. The molecule has 0 aromatic heterocycles. The number of benzene rings is 2. The van der Waals surface area contributed by atoms with Gasteiger partial charge >= 0.3 is 17.9 Å². The number of amides is 15. The van der Waals surface area contributed by atoms with Crippen LogP contribution in [0.25, 0.3) is 0 Å². The molecule has 2 rings (SSSR count). The lowest BCUT2D eigenvalue weighted by Crippen LogP contribution is -2.63. The normalized spacial score (nSPS) is 15.2.